The van der Waals surface area contributed by atoms with Crippen LogP contribution < -0.4 is 4.74 Å². The van der Waals surface area contributed by atoms with Gasteiger partial charge in [0, 0.05) is 12.0 Å². The Labute approximate surface area is 146 Å². The molecule has 1 aliphatic heterocycles. The van der Waals surface area contributed by atoms with Crippen LogP contribution in [0.4, 0.5) is 0 Å². The van der Waals surface area contributed by atoms with E-state index in [4.69, 9.17) is 9.15 Å². The standard InChI is InChI=1S/C21H19NO3/c1-14-8-15(6-7-18(14)21-11-22-13-25-21)9-19(23)17-10-16-4-2-3-5-20(16)24-12-17/h2-8,11,13,17H,9-10,12H2,1H3. The summed E-state index contributed by atoms with van der Waals surface area (Å²) >= 11 is 0. The average Bonchev–Trinajstić information content (AvgIpc) is 3.15. The fourth-order valence-electron chi connectivity index (χ4n) is 3.34. The van der Waals surface area contributed by atoms with Crippen LogP contribution in [0.3, 0.4) is 0 Å². The number of carbonyl (C=O) groups excluding carboxylic acids is 1. The second-order valence-corrected chi connectivity index (χ2v) is 6.48. The van der Waals surface area contributed by atoms with Crippen molar-refractivity contribution < 1.29 is 13.9 Å². The van der Waals surface area contributed by atoms with E-state index < -0.39 is 0 Å². The molecule has 2 heterocycles. The molecule has 1 atom stereocenters. The summed E-state index contributed by atoms with van der Waals surface area (Å²) in [5, 5.41) is 0. The van der Waals surface area contributed by atoms with Crippen molar-refractivity contribution in [2.24, 2.45) is 5.92 Å². The number of benzene rings is 2. The largest absolute Gasteiger partial charge is 0.493 e. The smallest absolute Gasteiger partial charge is 0.181 e. The summed E-state index contributed by atoms with van der Waals surface area (Å²) in [6.07, 6.45) is 4.30. The summed E-state index contributed by atoms with van der Waals surface area (Å²) in [6, 6.07) is 14.0. The molecular weight excluding hydrogens is 314 g/mol. The average molecular weight is 333 g/mol. The zero-order chi connectivity index (χ0) is 17.2. The number of carbonyl (C=O) groups is 1. The first kappa shape index (κ1) is 15.6. The third kappa shape index (κ3) is 3.20. The van der Waals surface area contributed by atoms with Gasteiger partial charge in [0.15, 0.2) is 12.2 Å². The number of rotatable bonds is 4. The molecule has 0 aliphatic carbocycles. The normalized spacial score (nSPS) is 16.1. The zero-order valence-corrected chi connectivity index (χ0v) is 14.1. The Balaban J connectivity index is 1.47. The van der Waals surface area contributed by atoms with Gasteiger partial charge in [-0.05, 0) is 36.1 Å². The summed E-state index contributed by atoms with van der Waals surface area (Å²) < 4.78 is 11.1. The lowest BCUT2D eigenvalue weighted by Gasteiger charge is -2.24. The van der Waals surface area contributed by atoms with E-state index in [1.165, 1.54) is 6.39 Å². The van der Waals surface area contributed by atoms with Crippen molar-refractivity contribution in [3.63, 3.8) is 0 Å². The minimum atomic E-state index is -0.0795. The lowest BCUT2D eigenvalue weighted by Crippen LogP contribution is -2.29. The molecule has 1 unspecified atom stereocenters. The highest BCUT2D eigenvalue weighted by molar-refractivity contribution is 5.84. The molecule has 2 aromatic carbocycles. The van der Waals surface area contributed by atoms with Crippen molar-refractivity contribution in [1.82, 2.24) is 4.98 Å². The van der Waals surface area contributed by atoms with Crippen LogP contribution in [0.25, 0.3) is 11.3 Å². The number of Topliss-reactive ketones (excluding diaryl/α,β-unsaturated/α-hetero) is 1. The highest BCUT2D eigenvalue weighted by atomic mass is 16.5. The summed E-state index contributed by atoms with van der Waals surface area (Å²) in [4.78, 5) is 16.6. The van der Waals surface area contributed by atoms with E-state index in [9.17, 15) is 4.79 Å². The van der Waals surface area contributed by atoms with Gasteiger partial charge in [-0.1, -0.05) is 36.4 Å². The lowest BCUT2D eigenvalue weighted by atomic mass is 9.89. The van der Waals surface area contributed by atoms with E-state index in [1.807, 2.05) is 49.4 Å². The number of fused-ring (bicyclic) bond motifs is 1. The predicted molar refractivity (Wildman–Crippen MR) is 94.5 cm³/mol. The number of nitrogens with zero attached hydrogens (tertiary/aromatic N) is 1. The van der Waals surface area contributed by atoms with Gasteiger partial charge < -0.3 is 9.15 Å². The number of aromatic nitrogens is 1. The predicted octanol–water partition coefficient (Wildman–Crippen LogP) is 4.01. The molecular formula is C21H19NO3. The Hall–Kier alpha value is -2.88. The van der Waals surface area contributed by atoms with E-state index in [-0.39, 0.29) is 11.7 Å². The Kier molecular flexibility index (Phi) is 4.10. The molecule has 3 aromatic rings. The summed E-state index contributed by atoms with van der Waals surface area (Å²) in [7, 11) is 0. The van der Waals surface area contributed by atoms with Crippen LogP contribution in [0.1, 0.15) is 16.7 Å². The number of ketones is 1. The molecule has 0 saturated heterocycles. The molecule has 1 aromatic heterocycles. The fraction of sp³-hybridized carbons (Fsp3) is 0.238. The third-order valence-corrected chi connectivity index (χ3v) is 4.70. The maximum absolute atomic E-state index is 12.7. The second-order valence-electron chi connectivity index (χ2n) is 6.48. The monoisotopic (exact) mass is 333 g/mol. The Morgan fingerprint density at radius 3 is 2.92 bits per heavy atom. The second kappa shape index (κ2) is 6.55. The summed E-state index contributed by atoms with van der Waals surface area (Å²) in [6.45, 7) is 2.48. The van der Waals surface area contributed by atoms with Gasteiger partial charge in [-0.15, -0.1) is 0 Å². The molecule has 1 aliphatic rings. The topological polar surface area (TPSA) is 52.3 Å². The van der Waals surface area contributed by atoms with Gasteiger partial charge in [-0.25, -0.2) is 4.98 Å². The van der Waals surface area contributed by atoms with Crippen LogP contribution >= 0.6 is 0 Å². The Bertz CT molecular complexity index is 899. The molecule has 0 N–H and O–H groups in total. The van der Waals surface area contributed by atoms with Gasteiger partial charge in [-0.3, -0.25) is 4.79 Å². The zero-order valence-electron chi connectivity index (χ0n) is 14.1. The molecule has 0 saturated carbocycles. The maximum Gasteiger partial charge on any atom is 0.181 e. The molecule has 4 rings (SSSR count). The van der Waals surface area contributed by atoms with Crippen LogP contribution in [0.5, 0.6) is 5.75 Å². The van der Waals surface area contributed by atoms with Crippen molar-refractivity contribution in [2.75, 3.05) is 6.61 Å². The van der Waals surface area contributed by atoms with E-state index in [1.54, 1.807) is 6.20 Å². The first-order valence-corrected chi connectivity index (χ1v) is 8.42. The van der Waals surface area contributed by atoms with Crippen LogP contribution in [0.15, 0.2) is 59.5 Å². The van der Waals surface area contributed by atoms with Crippen molar-refractivity contribution in [2.45, 2.75) is 19.8 Å². The van der Waals surface area contributed by atoms with Crippen molar-refractivity contribution in [1.29, 1.82) is 0 Å². The molecule has 0 radical (unpaired) electrons. The van der Waals surface area contributed by atoms with Crippen molar-refractivity contribution >= 4 is 5.78 Å². The van der Waals surface area contributed by atoms with Crippen LogP contribution in [0.2, 0.25) is 0 Å². The number of hydrogen-bond acceptors (Lipinski definition) is 4. The Morgan fingerprint density at radius 1 is 1.24 bits per heavy atom. The number of hydrogen-bond donors (Lipinski definition) is 0. The SMILES string of the molecule is Cc1cc(CC(=O)C2COc3ccccc3C2)ccc1-c1cnco1. The Morgan fingerprint density at radius 2 is 2.12 bits per heavy atom. The quantitative estimate of drug-likeness (QED) is 0.724. The summed E-state index contributed by atoms with van der Waals surface area (Å²) in [5.74, 6) is 1.79. The minimum Gasteiger partial charge on any atom is -0.493 e. The van der Waals surface area contributed by atoms with Gasteiger partial charge >= 0.3 is 0 Å². The van der Waals surface area contributed by atoms with Crippen LogP contribution in [0, 0.1) is 12.8 Å². The van der Waals surface area contributed by atoms with Crippen molar-refractivity contribution in [3.05, 3.63) is 71.7 Å². The van der Waals surface area contributed by atoms with E-state index >= 15 is 0 Å². The van der Waals surface area contributed by atoms with Gasteiger partial charge in [0.05, 0.1) is 18.7 Å². The van der Waals surface area contributed by atoms with E-state index in [0.29, 0.717) is 13.0 Å². The first-order chi connectivity index (χ1) is 12.2. The third-order valence-electron chi connectivity index (χ3n) is 4.70. The van der Waals surface area contributed by atoms with Crippen molar-refractivity contribution in [3.8, 4) is 17.1 Å². The van der Waals surface area contributed by atoms with Crippen LogP contribution in [-0.2, 0) is 17.6 Å². The van der Waals surface area contributed by atoms with Gasteiger partial charge in [0.2, 0.25) is 0 Å². The highest BCUT2D eigenvalue weighted by Crippen LogP contribution is 2.28. The maximum atomic E-state index is 12.7. The molecule has 25 heavy (non-hydrogen) atoms. The highest BCUT2D eigenvalue weighted by Gasteiger charge is 2.25. The lowest BCUT2D eigenvalue weighted by molar-refractivity contribution is -0.123. The molecule has 0 bridgehead atoms. The first-order valence-electron chi connectivity index (χ1n) is 8.42. The molecule has 126 valence electrons. The summed E-state index contributed by atoms with van der Waals surface area (Å²) in [5.41, 5.74) is 4.21. The number of para-hydroxylation sites is 1. The minimum absolute atomic E-state index is 0.0795. The van der Waals surface area contributed by atoms with Gasteiger partial charge in [0.1, 0.15) is 11.5 Å². The molecule has 4 heteroatoms. The fourth-order valence-corrected chi connectivity index (χ4v) is 3.34. The number of oxazole rings is 1. The molecule has 0 amide bonds. The van der Waals surface area contributed by atoms with E-state index in [2.05, 4.69) is 4.98 Å². The van der Waals surface area contributed by atoms with Gasteiger partial charge in [-0.2, -0.15) is 0 Å². The number of ether oxygens (including phenoxy) is 1. The van der Waals surface area contributed by atoms with Gasteiger partial charge in [0.25, 0.3) is 0 Å². The van der Waals surface area contributed by atoms with E-state index in [0.717, 1.165) is 40.2 Å². The van der Waals surface area contributed by atoms with Crippen LogP contribution in [-0.4, -0.2) is 17.4 Å². The molecule has 4 nitrogen and oxygen atoms in total. The number of aryl methyl sites for hydroxylation is 1. The molecule has 0 spiro atoms. The molecule has 0 fully saturated rings.